The smallest absolute Gasteiger partial charge is 0.326 e. The van der Waals surface area contributed by atoms with Crippen molar-refractivity contribution >= 4 is 48.2 Å². The molecule has 0 heterocycles. The van der Waals surface area contributed by atoms with E-state index in [4.69, 9.17) is 21.7 Å². The molecule has 30 heavy (non-hydrogen) atoms. The summed E-state index contributed by atoms with van der Waals surface area (Å²) in [6, 6.07) is -6.26. The third kappa shape index (κ3) is 9.53. The van der Waals surface area contributed by atoms with Gasteiger partial charge in [0.1, 0.15) is 18.1 Å². The van der Waals surface area contributed by atoms with Crippen molar-refractivity contribution in [3.63, 3.8) is 0 Å². The van der Waals surface area contributed by atoms with Gasteiger partial charge in [0, 0.05) is 5.75 Å². The first-order valence-electron chi connectivity index (χ1n) is 8.48. The van der Waals surface area contributed by atoms with E-state index in [2.05, 4.69) is 17.9 Å². The number of carbonyl (C=O) groups excluding carboxylic acids is 4. The van der Waals surface area contributed by atoms with Gasteiger partial charge < -0.3 is 42.7 Å². The molecule has 0 aromatic carbocycles. The van der Waals surface area contributed by atoms with Gasteiger partial charge in [-0.3, -0.25) is 24.0 Å². The molecular formula is C15H25N5O9S. The number of hydrogen-bond donors (Lipinski definition) is 9. The molecule has 170 valence electrons. The van der Waals surface area contributed by atoms with E-state index in [0.717, 1.165) is 6.92 Å². The Morgan fingerprint density at radius 1 is 0.900 bits per heavy atom. The maximum absolute atomic E-state index is 12.4. The van der Waals surface area contributed by atoms with Gasteiger partial charge in [-0.1, -0.05) is 0 Å². The van der Waals surface area contributed by atoms with Crippen LogP contribution in [0.4, 0.5) is 0 Å². The molecule has 10 N–H and O–H groups in total. The minimum Gasteiger partial charge on any atom is -0.481 e. The molecule has 4 amide bonds. The average Bonchev–Trinajstić information content (AvgIpc) is 2.62. The number of aliphatic hydroxyl groups excluding tert-OH is 1. The SMILES string of the molecule is CC(O)C(NC(=O)C(N)CS)C(=O)NC(CC(=O)O)C(=O)NC(CC(N)=O)C(=O)O. The van der Waals surface area contributed by atoms with E-state index in [1.165, 1.54) is 0 Å². The quantitative estimate of drug-likeness (QED) is 0.121. The monoisotopic (exact) mass is 451 g/mol. The Kier molecular flexibility index (Phi) is 11.4. The lowest BCUT2D eigenvalue weighted by atomic mass is 10.1. The first kappa shape index (κ1) is 27.1. The number of aliphatic carboxylic acids is 2. The maximum atomic E-state index is 12.4. The molecule has 14 nitrogen and oxygen atoms in total. The molecule has 5 unspecified atom stereocenters. The summed E-state index contributed by atoms with van der Waals surface area (Å²) in [6.07, 6.45) is -3.20. The lowest BCUT2D eigenvalue weighted by Gasteiger charge is -2.25. The number of carboxylic acids is 2. The van der Waals surface area contributed by atoms with Crippen molar-refractivity contribution in [3.8, 4) is 0 Å². The Labute approximate surface area is 176 Å². The molecule has 0 bridgehead atoms. The molecule has 0 aromatic rings. The summed E-state index contributed by atoms with van der Waals surface area (Å²) in [6.45, 7) is 1.15. The van der Waals surface area contributed by atoms with Gasteiger partial charge in [-0.15, -0.1) is 0 Å². The van der Waals surface area contributed by atoms with Crippen molar-refractivity contribution < 1.29 is 44.1 Å². The lowest BCUT2D eigenvalue weighted by Crippen LogP contribution is -2.60. The summed E-state index contributed by atoms with van der Waals surface area (Å²) in [7, 11) is 0. The van der Waals surface area contributed by atoms with Gasteiger partial charge in [0.15, 0.2) is 0 Å². The standard InChI is InChI=1S/C15H25N5O9S/c1-5(21)11(20-12(25)6(16)4-30)14(27)18-7(3-10(23)24)13(26)19-8(15(28)29)2-9(17)22/h5-8,11,21,30H,2-4,16H2,1H3,(H2,17,22)(H,18,27)(H,19,26)(H,20,25)(H,23,24)(H,28,29). The Hall–Kier alpha value is -2.91. The summed E-state index contributed by atoms with van der Waals surface area (Å²) in [5.41, 5.74) is 10.4. The van der Waals surface area contributed by atoms with Crippen molar-refractivity contribution in [2.45, 2.75) is 50.0 Å². The molecule has 0 saturated carbocycles. The fourth-order valence-corrected chi connectivity index (χ4v) is 2.23. The summed E-state index contributed by atoms with van der Waals surface area (Å²) in [4.78, 5) is 69.7. The molecule has 0 aliphatic heterocycles. The molecular weight excluding hydrogens is 426 g/mol. The maximum Gasteiger partial charge on any atom is 0.326 e. The third-order valence-electron chi connectivity index (χ3n) is 3.63. The van der Waals surface area contributed by atoms with Gasteiger partial charge in [-0.2, -0.15) is 12.6 Å². The highest BCUT2D eigenvalue weighted by Crippen LogP contribution is 2.01. The molecule has 0 rings (SSSR count). The van der Waals surface area contributed by atoms with E-state index < -0.39 is 78.7 Å². The van der Waals surface area contributed by atoms with E-state index in [9.17, 15) is 33.9 Å². The Balaban J connectivity index is 5.45. The van der Waals surface area contributed by atoms with Crippen LogP contribution in [0, 0.1) is 0 Å². The number of hydrogen-bond acceptors (Lipinski definition) is 9. The van der Waals surface area contributed by atoms with Crippen molar-refractivity contribution in [3.05, 3.63) is 0 Å². The minimum absolute atomic E-state index is 0.0690. The van der Waals surface area contributed by atoms with Crippen molar-refractivity contribution in [2.75, 3.05) is 5.75 Å². The topological polar surface area (TPSA) is 251 Å². The molecule has 0 aliphatic rings. The molecule has 0 aromatic heterocycles. The zero-order chi connectivity index (χ0) is 23.6. The van der Waals surface area contributed by atoms with Crippen LogP contribution in [0.3, 0.4) is 0 Å². The van der Waals surface area contributed by atoms with E-state index in [1.807, 2.05) is 10.6 Å². The highest BCUT2D eigenvalue weighted by Gasteiger charge is 2.33. The third-order valence-corrected chi connectivity index (χ3v) is 4.02. The van der Waals surface area contributed by atoms with Gasteiger partial charge in [0.05, 0.1) is 25.0 Å². The second-order valence-electron chi connectivity index (χ2n) is 6.24. The molecule has 0 radical (unpaired) electrons. The largest absolute Gasteiger partial charge is 0.481 e. The van der Waals surface area contributed by atoms with Crippen molar-refractivity contribution in [2.24, 2.45) is 11.5 Å². The van der Waals surface area contributed by atoms with Crippen LogP contribution in [0.5, 0.6) is 0 Å². The summed E-state index contributed by atoms with van der Waals surface area (Å²) in [5.74, 6) is -7.45. The van der Waals surface area contributed by atoms with Crippen molar-refractivity contribution in [1.29, 1.82) is 0 Å². The molecule has 0 saturated heterocycles. The fourth-order valence-electron chi connectivity index (χ4n) is 2.07. The number of nitrogens with two attached hydrogens (primary N) is 2. The molecule has 15 heteroatoms. The van der Waals surface area contributed by atoms with Gasteiger partial charge in [0.2, 0.25) is 23.6 Å². The van der Waals surface area contributed by atoms with Crippen LogP contribution in [-0.4, -0.2) is 86.9 Å². The van der Waals surface area contributed by atoms with Crippen LogP contribution >= 0.6 is 12.6 Å². The second-order valence-corrected chi connectivity index (χ2v) is 6.61. The van der Waals surface area contributed by atoms with E-state index in [-0.39, 0.29) is 5.75 Å². The average molecular weight is 451 g/mol. The minimum atomic E-state index is -1.79. The van der Waals surface area contributed by atoms with Crippen LogP contribution in [0.15, 0.2) is 0 Å². The second kappa shape index (κ2) is 12.6. The summed E-state index contributed by atoms with van der Waals surface area (Å²) in [5, 5.41) is 33.8. The fraction of sp³-hybridized carbons (Fsp3) is 0.600. The van der Waals surface area contributed by atoms with E-state index in [0.29, 0.717) is 0 Å². The summed E-state index contributed by atoms with van der Waals surface area (Å²) < 4.78 is 0. The molecule has 0 spiro atoms. The number of primary amides is 1. The van der Waals surface area contributed by atoms with E-state index in [1.54, 1.807) is 0 Å². The zero-order valence-electron chi connectivity index (χ0n) is 15.9. The molecule has 0 aliphatic carbocycles. The van der Waals surface area contributed by atoms with Crippen molar-refractivity contribution in [1.82, 2.24) is 16.0 Å². The number of amides is 4. The zero-order valence-corrected chi connectivity index (χ0v) is 16.8. The number of aliphatic hydroxyl groups is 1. The number of thiol groups is 1. The Bertz CT molecular complexity index is 687. The van der Waals surface area contributed by atoms with Crippen LogP contribution < -0.4 is 27.4 Å². The van der Waals surface area contributed by atoms with Crippen LogP contribution in [0.25, 0.3) is 0 Å². The van der Waals surface area contributed by atoms with Crippen LogP contribution in [-0.2, 0) is 28.8 Å². The van der Waals surface area contributed by atoms with Crippen LogP contribution in [0.1, 0.15) is 19.8 Å². The predicted molar refractivity (Wildman–Crippen MR) is 103 cm³/mol. The molecule has 5 atom stereocenters. The lowest BCUT2D eigenvalue weighted by molar-refractivity contribution is -0.145. The number of carboxylic acid groups (broad SMARTS) is 2. The molecule has 0 fully saturated rings. The summed E-state index contributed by atoms with van der Waals surface area (Å²) >= 11 is 3.82. The number of nitrogens with one attached hydrogen (secondary N) is 3. The first-order chi connectivity index (χ1) is 13.8. The van der Waals surface area contributed by atoms with Gasteiger partial charge in [-0.05, 0) is 6.92 Å². The van der Waals surface area contributed by atoms with E-state index >= 15 is 0 Å². The Morgan fingerprint density at radius 2 is 1.43 bits per heavy atom. The number of rotatable bonds is 13. The predicted octanol–water partition coefficient (Wildman–Crippen LogP) is -4.49. The highest BCUT2D eigenvalue weighted by atomic mass is 32.1. The van der Waals surface area contributed by atoms with Gasteiger partial charge >= 0.3 is 11.9 Å². The van der Waals surface area contributed by atoms with Gasteiger partial charge in [0.25, 0.3) is 0 Å². The highest BCUT2D eigenvalue weighted by molar-refractivity contribution is 7.80. The van der Waals surface area contributed by atoms with Gasteiger partial charge in [-0.25, -0.2) is 4.79 Å². The first-order valence-corrected chi connectivity index (χ1v) is 9.11. The normalized spacial score (nSPS) is 15.6. The Morgan fingerprint density at radius 3 is 1.83 bits per heavy atom. The number of carbonyl (C=O) groups is 6. The van der Waals surface area contributed by atoms with Crippen LogP contribution in [0.2, 0.25) is 0 Å².